The quantitative estimate of drug-likeness (QED) is 0.861. The van der Waals surface area contributed by atoms with E-state index in [9.17, 15) is 0 Å². The topological polar surface area (TPSA) is 43.0 Å². The van der Waals surface area contributed by atoms with Crippen molar-refractivity contribution >= 4 is 0 Å². The zero-order valence-electron chi connectivity index (χ0n) is 10.6. The molecule has 0 saturated carbocycles. The Balaban J connectivity index is 1.90. The van der Waals surface area contributed by atoms with Gasteiger partial charge in [0.15, 0.2) is 0 Å². The second-order valence-corrected chi connectivity index (χ2v) is 4.45. The first kappa shape index (κ1) is 11.9. The van der Waals surface area contributed by atoms with Crippen LogP contribution < -0.4 is 5.32 Å². The third-order valence-electron chi connectivity index (χ3n) is 2.92. The zero-order chi connectivity index (χ0) is 12.3. The molecule has 0 spiro atoms. The maximum absolute atomic E-state index is 5.34. The van der Waals surface area contributed by atoms with Gasteiger partial charge in [0.2, 0.25) is 0 Å². The Morgan fingerprint density at radius 1 is 1.41 bits per heavy atom. The molecule has 0 aromatic carbocycles. The lowest BCUT2D eigenvalue weighted by Gasteiger charge is -2.19. The fourth-order valence-electron chi connectivity index (χ4n) is 2.11. The van der Waals surface area contributed by atoms with Gasteiger partial charge in [0.1, 0.15) is 5.76 Å². The Morgan fingerprint density at radius 3 is 2.82 bits per heavy atom. The summed E-state index contributed by atoms with van der Waals surface area (Å²) in [6.45, 7) is 4.31. The summed E-state index contributed by atoms with van der Waals surface area (Å²) in [4.78, 5) is 0. The van der Waals surface area contributed by atoms with E-state index < -0.39 is 0 Å². The van der Waals surface area contributed by atoms with Crippen LogP contribution >= 0.6 is 0 Å². The average Bonchev–Trinajstić information content (AvgIpc) is 2.88. The molecule has 1 N–H and O–H groups in total. The summed E-state index contributed by atoms with van der Waals surface area (Å²) < 4.78 is 7.24. The van der Waals surface area contributed by atoms with Gasteiger partial charge in [-0.15, -0.1) is 0 Å². The van der Waals surface area contributed by atoms with Crippen molar-refractivity contribution in [1.82, 2.24) is 15.1 Å². The summed E-state index contributed by atoms with van der Waals surface area (Å²) in [5.41, 5.74) is 1.19. The zero-order valence-corrected chi connectivity index (χ0v) is 10.6. The van der Waals surface area contributed by atoms with E-state index in [0.29, 0.717) is 6.04 Å². The van der Waals surface area contributed by atoms with Crippen LogP contribution in [0.4, 0.5) is 0 Å². The van der Waals surface area contributed by atoms with Crippen LogP contribution in [0.15, 0.2) is 35.1 Å². The molecule has 2 rings (SSSR count). The molecule has 2 heterocycles. The van der Waals surface area contributed by atoms with Crippen LogP contribution in [-0.4, -0.2) is 15.8 Å². The average molecular weight is 233 g/mol. The van der Waals surface area contributed by atoms with Gasteiger partial charge >= 0.3 is 0 Å². The van der Waals surface area contributed by atoms with Crippen LogP contribution in [0.1, 0.15) is 31.3 Å². The molecule has 0 aliphatic heterocycles. The molecule has 0 saturated heterocycles. The fourth-order valence-corrected chi connectivity index (χ4v) is 2.11. The third-order valence-corrected chi connectivity index (χ3v) is 2.92. The molecule has 0 radical (unpaired) electrons. The molecule has 0 aliphatic carbocycles. The number of aryl methyl sites for hydroxylation is 1. The number of nitrogens with zero attached hydrogens (tertiary/aromatic N) is 2. The van der Waals surface area contributed by atoms with Gasteiger partial charge in [0.05, 0.1) is 12.0 Å². The highest BCUT2D eigenvalue weighted by Crippen LogP contribution is 2.12. The summed E-state index contributed by atoms with van der Waals surface area (Å²) in [6, 6.07) is 6.62. The van der Waals surface area contributed by atoms with E-state index in [0.717, 1.165) is 12.2 Å². The van der Waals surface area contributed by atoms with Crippen molar-refractivity contribution in [2.24, 2.45) is 7.05 Å². The van der Waals surface area contributed by atoms with E-state index in [1.54, 1.807) is 6.26 Å². The first-order valence-electron chi connectivity index (χ1n) is 5.93. The number of hydrogen-bond donors (Lipinski definition) is 1. The highest BCUT2D eigenvalue weighted by molar-refractivity contribution is 5.06. The van der Waals surface area contributed by atoms with Crippen LogP contribution in [0.3, 0.4) is 0 Å². The van der Waals surface area contributed by atoms with Gasteiger partial charge in [-0.3, -0.25) is 4.68 Å². The van der Waals surface area contributed by atoms with Crippen molar-refractivity contribution < 1.29 is 4.42 Å². The summed E-state index contributed by atoms with van der Waals surface area (Å²) in [6.07, 6.45) is 4.44. The standard InChI is InChI=1S/C13H19N3O/c1-10(9-12-5-4-8-17-12)15-11(2)13-6-7-14-16(13)3/h4-8,10-11,15H,9H2,1-3H3. The van der Waals surface area contributed by atoms with E-state index in [1.807, 2.05) is 36.1 Å². The van der Waals surface area contributed by atoms with Crippen LogP contribution in [-0.2, 0) is 13.5 Å². The molecule has 17 heavy (non-hydrogen) atoms. The van der Waals surface area contributed by atoms with Crippen LogP contribution in [0.25, 0.3) is 0 Å². The Labute approximate surface area is 102 Å². The normalized spacial score (nSPS) is 14.8. The molecule has 0 aliphatic rings. The first-order chi connectivity index (χ1) is 8.16. The number of nitrogens with one attached hydrogen (secondary N) is 1. The molecule has 0 bridgehead atoms. The van der Waals surface area contributed by atoms with Crippen LogP contribution in [0.5, 0.6) is 0 Å². The van der Waals surface area contributed by atoms with Crippen molar-refractivity contribution in [1.29, 1.82) is 0 Å². The predicted octanol–water partition coefficient (Wildman–Crippen LogP) is 2.29. The molecule has 4 nitrogen and oxygen atoms in total. The number of aromatic nitrogens is 2. The van der Waals surface area contributed by atoms with Crippen molar-refractivity contribution in [3.63, 3.8) is 0 Å². The van der Waals surface area contributed by atoms with Crippen LogP contribution in [0.2, 0.25) is 0 Å². The van der Waals surface area contributed by atoms with E-state index >= 15 is 0 Å². The Bertz CT molecular complexity index is 447. The maximum Gasteiger partial charge on any atom is 0.105 e. The lowest BCUT2D eigenvalue weighted by Crippen LogP contribution is -2.31. The second kappa shape index (κ2) is 5.19. The highest BCUT2D eigenvalue weighted by Gasteiger charge is 2.13. The fraction of sp³-hybridized carbons (Fsp3) is 0.462. The van der Waals surface area contributed by atoms with E-state index in [1.165, 1.54) is 5.69 Å². The molecule has 0 amide bonds. The smallest absolute Gasteiger partial charge is 0.105 e. The molecule has 2 aromatic heterocycles. The van der Waals surface area contributed by atoms with Gasteiger partial charge in [0, 0.05) is 31.7 Å². The monoisotopic (exact) mass is 233 g/mol. The molecule has 2 atom stereocenters. The molecule has 4 heteroatoms. The van der Waals surface area contributed by atoms with Crippen molar-refractivity contribution in [3.05, 3.63) is 42.1 Å². The predicted molar refractivity (Wildman–Crippen MR) is 66.6 cm³/mol. The Morgan fingerprint density at radius 2 is 2.24 bits per heavy atom. The van der Waals surface area contributed by atoms with Gasteiger partial charge in [0.25, 0.3) is 0 Å². The van der Waals surface area contributed by atoms with E-state index in [2.05, 4.69) is 24.3 Å². The van der Waals surface area contributed by atoms with Gasteiger partial charge in [-0.05, 0) is 32.0 Å². The Hall–Kier alpha value is -1.55. The SMILES string of the molecule is CC(Cc1ccco1)NC(C)c1ccnn1C. The number of rotatable bonds is 5. The molecule has 0 fully saturated rings. The van der Waals surface area contributed by atoms with Crippen molar-refractivity contribution in [2.45, 2.75) is 32.4 Å². The number of hydrogen-bond acceptors (Lipinski definition) is 3. The Kier molecular flexibility index (Phi) is 3.64. The first-order valence-corrected chi connectivity index (χ1v) is 5.93. The highest BCUT2D eigenvalue weighted by atomic mass is 16.3. The van der Waals surface area contributed by atoms with E-state index in [-0.39, 0.29) is 6.04 Å². The minimum Gasteiger partial charge on any atom is -0.469 e. The lowest BCUT2D eigenvalue weighted by molar-refractivity contribution is 0.419. The van der Waals surface area contributed by atoms with Crippen LogP contribution in [0, 0.1) is 0 Å². The molecule has 2 aromatic rings. The molecule has 92 valence electrons. The minimum atomic E-state index is 0.285. The molecule has 2 unspecified atom stereocenters. The summed E-state index contributed by atoms with van der Waals surface area (Å²) in [5.74, 6) is 1.02. The van der Waals surface area contributed by atoms with Crippen molar-refractivity contribution in [3.8, 4) is 0 Å². The third kappa shape index (κ3) is 2.97. The largest absolute Gasteiger partial charge is 0.469 e. The van der Waals surface area contributed by atoms with Gasteiger partial charge in [-0.25, -0.2) is 0 Å². The minimum absolute atomic E-state index is 0.285. The lowest BCUT2D eigenvalue weighted by atomic mass is 10.1. The molecular formula is C13H19N3O. The molecular weight excluding hydrogens is 214 g/mol. The van der Waals surface area contributed by atoms with E-state index in [4.69, 9.17) is 4.42 Å². The van der Waals surface area contributed by atoms with Gasteiger partial charge in [-0.2, -0.15) is 5.10 Å². The summed E-state index contributed by atoms with van der Waals surface area (Å²) in [5, 5.41) is 7.72. The second-order valence-electron chi connectivity index (χ2n) is 4.45. The van der Waals surface area contributed by atoms with Gasteiger partial charge < -0.3 is 9.73 Å². The van der Waals surface area contributed by atoms with Crippen molar-refractivity contribution in [2.75, 3.05) is 0 Å². The van der Waals surface area contributed by atoms with Gasteiger partial charge in [-0.1, -0.05) is 0 Å². The summed E-state index contributed by atoms with van der Waals surface area (Å²) >= 11 is 0. The summed E-state index contributed by atoms with van der Waals surface area (Å²) in [7, 11) is 1.96. The maximum atomic E-state index is 5.34. The number of furan rings is 1.